The topological polar surface area (TPSA) is 9.23 Å². The molecule has 1 fully saturated rings. The molecule has 1 saturated heterocycles. The van der Waals surface area contributed by atoms with Crippen molar-refractivity contribution in [2.24, 2.45) is 0 Å². The second kappa shape index (κ2) is 3.00. The molecule has 0 aromatic heterocycles. The van der Waals surface area contributed by atoms with Crippen molar-refractivity contribution in [2.45, 2.75) is 25.4 Å². The van der Waals surface area contributed by atoms with Gasteiger partial charge in [-0.05, 0) is 30.9 Å². The van der Waals surface area contributed by atoms with Gasteiger partial charge in [0.1, 0.15) is 0 Å². The van der Waals surface area contributed by atoms with Crippen molar-refractivity contribution in [1.82, 2.24) is 0 Å². The first-order valence-electron chi connectivity index (χ1n) is 4.04. The summed E-state index contributed by atoms with van der Waals surface area (Å²) in [4.78, 5) is 0. The van der Waals surface area contributed by atoms with E-state index in [1.54, 1.807) is 0 Å². The average molecular weight is 171 g/mol. The van der Waals surface area contributed by atoms with Crippen LogP contribution >= 0.6 is 11.6 Å². The number of allylic oxidation sites excluding steroid dienone is 3. The fourth-order valence-electron chi connectivity index (χ4n) is 1.63. The minimum atomic E-state index is 0.317. The molecule has 0 saturated carbocycles. The van der Waals surface area contributed by atoms with Gasteiger partial charge in [-0.2, -0.15) is 0 Å². The Morgan fingerprint density at radius 2 is 2.45 bits per heavy atom. The molecule has 1 aliphatic heterocycles. The highest BCUT2D eigenvalue weighted by Gasteiger charge is 2.22. The maximum Gasteiger partial charge on any atom is 0.0806 e. The zero-order chi connectivity index (χ0) is 7.68. The van der Waals surface area contributed by atoms with Crippen LogP contribution in [0.4, 0.5) is 0 Å². The smallest absolute Gasteiger partial charge is 0.0806 e. The highest BCUT2D eigenvalue weighted by molar-refractivity contribution is 6.32. The van der Waals surface area contributed by atoms with Gasteiger partial charge in [0.15, 0.2) is 0 Å². The normalized spacial score (nSPS) is 30.5. The molecule has 0 radical (unpaired) electrons. The summed E-state index contributed by atoms with van der Waals surface area (Å²) in [5.41, 5.74) is 1.28. The first-order chi connectivity index (χ1) is 5.38. The molecular formula is C9H11ClO. The predicted molar refractivity (Wildman–Crippen MR) is 45.6 cm³/mol. The average Bonchev–Trinajstić information content (AvgIpc) is 2.55. The molecule has 2 aliphatic rings. The van der Waals surface area contributed by atoms with E-state index in [1.165, 1.54) is 12.0 Å². The van der Waals surface area contributed by atoms with Crippen molar-refractivity contribution in [3.8, 4) is 0 Å². The Morgan fingerprint density at radius 3 is 3.00 bits per heavy atom. The predicted octanol–water partition coefficient (Wildman–Crippen LogP) is 2.62. The maximum atomic E-state index is 5.97. The summed E-state index contributed by atoms with van der Waals surface area (Å²) in [6, 6.07) is 0. The molecule has 0 N–H and O–H groups in total. The van der Waals surface area contributed by atoms with Gasteiger partial charge >= 0.3 is 0 Å². The third-order valence-electron chi connectivity index (χ3n) is 2.23. The molecule has 1 aliphatic carbocycles. The van der Waals surface area contributed by atoms with E-state index >= 15 is 0 Å². The minimum Gasteiger partial charge on any atom is -0.374 e. The van der Waals surface area contributed by atoms with Crippen LogP contribution in [0.3, 0.4) is 0 Å². The van der Waals surface area contributed by atoms with E-state index in [0.29, 0.717) is 6.10 Å². The van der Waals surface area contributed by atoms with Crippen molar-refractivity contribution in [3.05, 3.63) is 22.8 Å². The zero-order valence-corrected chi connectivity index (χ0v) is 7.10. The molecule has 0 aromatic rings. The number of halogens is 1. The van der Waals surface area contributed by atoms with Crippen LogP contribution in [0.15, 0.2) is 22.8 Å². The van der Waals surface area contributed by atoms with Crippen LogP contribution in [0, 0.1) is 0 Å². The van der Waals surface area contributed by atoms with Crippen LogP contribution in [0.5, 0.6) is 0 Å². The molecule has 0 aromatic carbocycles. The standard InChI is InChI=1S/C9H11ClO/c10-8-4-1-3-7(8)9-5-2-6-11-9/h1,4,9H,2-3,5-6H2. The summed E-state index contributed by atoms with van der Waals surface area (Å²) >= 11 is 5.97. The van der Waals surface area contributed by atoms with E-state index < -0.39 is 0 Å². The van der Waals surface area contributed by atoms with Crippen LogP contribution < -0.4 is 0 Å². The van der Waals surface area contributed by atoms with Gasteiger partial charge in [-0.1, -0.05) is 17.7 Å². The van der Waals surface area contributed by atoms with Gasteiger partial charge < -0.3 is 4.74 Å². The largest absolute Gasteiger partial charge is 0.374 e. The highest BCUT2D eigenvalue weighted by Crippen LogP contribution is 2.31. The van der Waals surface area contributed by atoms with Gasteiger partial charge in [0.2, 0.25) is 0 Å². The quantitative estimate of drug-likeness (QED) is 0.588. The highest BCUT2D eigenvalue weighted by atomic mass is 35.5. The second-order valence-corrected chi connectivity index (χ2v) is 3.39. The summed E-state index contributed by atoms with van der Waals surface area (Å²) in [5, 5.41) is 0.900. The molecule has 1 unspecified atom stereocenters. The molecule has 60 valence electrons. The number of hydrogen-bond acceptors (Lipinski definition) is 1. The summed E-state index contributed by atoms with van der Waals surface area (Å²) in [5.74, 6) is 0. The molecule has 1 heterocycles. The number of rotatable bonds is 1. The summed E-state index contributed by atoms with van der Waals surface area (Å²) in [7, 11) is 0. The molecule has 2 rings (SSSR count). The Hall–Kier alpha value is -0.270. The van der Waals surface area contributed by atoms with Crippen molar-refractivity contribution in [3.63, 3.8) is 0 Å². The summed E-state index contributed by atoms with van der Waals surface area (Å²) < 4.78 is 5.52. The molecule has 1 nitrogen and oxygen atoms in total. The lowest BCUT2D eigenvalue weighted by Gasteiger charge is -2.10. The number of hydrogen-bond donors (Lipinski definition) is 0. The molecule has 2 heteroatoms. The van der Waals surface area contributed by atoms with E-state index in [-0.39, 0.29) is 0 Å². The maximum absolute atomic E-state index is 5.97. The van der Waals surface area contributed by atoms with Crippen molar-refractivity contribution < 1.29 is 4.74 Å². The van der Waals surface area contributed by atoms with Crippen molar-refractivity contribution in [2.75, 3.05) is 6.61 Å². The third kappa shape index (κ3) is 1.35. The van der Waals surface area contributed by atoms with E-state index in [4.69, 9.17) is 16.3 Å². The van der Waals surface area contributed by atoms with Gasteiger partial charge in [0.25, 0.3) is 0 Å². The monoisotopic (exact) mass is 170 g/mol. The van der Waals surface area contributed by atoms with Crippen LogP contribution in [0.1, 0.15) is 19.3 Å². The van der Waals surface area contributed by atoms with Crippen LogP contribution in [0.2, 0.25) is 0 Å². The zero-order valence-electron chi connectivity index (χ0n) is 6.35. The first-order valence-corrected chi connectivity index (χ1v) is 4.42. The Labute approximate surface area is 71.7 Å². The summed E-state index contributed by atoms with van der Waals surface area (Å²) in [6.07, 6.45) is 7.70. The molecule has 0 spiro atoms. The lowest BCUT2D eigenvalue weighted by molar-refractivity contribution is 0.136. The Balaban J connectivity index is 2.10. The number of ether oxygens (including phenoxy) is 1. The van der Waals surface area contributed by atoms with Gasteiger partial charge in [-0.3, -0.25) is 0 Å². The Morgan fingerprint density at radius 1 is 1.55 bits per heavy atom. The SMILES string of the molecule is ClC1=C(C2CCCO2)CC=C1. The second-order valence-electron chi connectivity index (χ2n) is 2.98. The first kappa shape index (κ1) is 7.38. The van der Waals surface area contributed by atoms with Crippen LogP contribution in [0.25, 0.3) is 0 Å². The molecule has 0 amide bonds. The van der Waals surface area contributed by atoms with Crippen molar-refractivity contribution in [1.29, 1.82) is 0 Å². The lowest BCUT2D eigenvalue weighted by Crippen LogP contribution is -2.07. The summed E-state index contributed by atoms with van der Waals surface area (Å²) in [6.45, 7) is 0.901. The van der Waals surface area contributed by atoms with Gasteiger partial charge in [0.05, 0.1) is 6.10 Å². The van der Waals surface area contributed by atoms with E-state index in [9.17, 15) is 0 Å². The van der Waals surface area contributed by atoms with Gasteiger partial charge in [-0.25, -0.2) is 0 Å². The minimum absolute atomic E-state index is 0.317. The van der Waals surface area contributed by atoms with Crippen molar-refractivity contribution >= 4 is 11.6 Å². The van der Waals surface area contributed by atoms with Gasteiger partial charge in [0, 0.05) is 11.6 Å². The van der Waals surface area contributed by atoms with E-state index in [2.05, 4.69) is 6.08 Å². The fraction of sp³-hybridized carbons (Fsp3) is 0.556. The van der Waals surface area contributed by atoms with E-state index in [0.717, 1.165) is 24.5 Å². The Bertz CT molecular complexity index is 212. The van der Waals surface area contributed by atoms with Gasteiger partial charge in [-0.15, -0.1) is 0 Å². The Kier molecular flexibility index (Phi) is 2.01. The van der Waals surface area contributed by atoms with E-state index in [1.807, 2.05) is 6.08 Å². The molecule has 11 heavy (non-hydrogen) atoms. The molecule has 1 atom stereocenters. The fourth-order valence-corrected chi connectivity index (χ4v) is 1.92. The van der Waals surface area contributed by atoms with Crippen LogP contribution in [-0.4, -0.2) is 12.7 Å². The molecular weight excluding hydrogens is 160 g/mol. The van der Waals surface area contributed by atoms with Crippen LogP contribution in [-0.2, 0) is 4.74 Å². The lowest BCUT2D eigenvalue weighted by atomic mass is 10.1. The molecule has 0 bridgehead atoms. The third-order valence-corrected chi connectivity index (χ3v) is 2.60.